The van der Waals surface area contributed by atoms with Gasteiger partial charge in [-0.2, -0.15) is 0 Å². The van der Waals surface area contributed by atoms with Gasteiger partial charge in [0.1, 0.15) is 11.5 Å². The Hall–Kier alpha value is -2.69. The van der Waals surface area contributed by atoms with Crippen molar-refractivity contribution in [1.82, 2.24) is 0 Å². The number of hydrogen-bond donors (Lipinski definition) is 2. The van der Waals surface area contributed by atoms with Gasteiger partial charge in [-0.3, -0.25) is 4.99 Å². The summed E-state index contributed by atoms with van der Waals surface area (Å²) in [6, 6.07) is 15.4. The molecule has 0 saturated heterocycles. The Labute approximate surface area is 130 Å². The maximum absolute atomic E-state index is 5.90. The summed E-state index contributed by atoms with van der Waals surface area (Å²) in [6.45, 7) is 0.586. The minimum absolute atomic E-state index is 0.378. The average molecular weight is 299 g/mol. The summed E-state index contributed by atoms with van der Waals surface area (Å²) in [5.41, 5.74) is 7.86. The first-order chi connectivity index (χ1) is 10.7. The molecule has 2 aromatic rings. The van der Waals surface area contributed by atoms with Crippen LogP contribution in [0.15, 0.2) is 53.5 Å². The van der Waals surface area contributed by atoms with Crippen molar-refractivity contribution in [1.29, 1.82) is 0 Å². The molecule has 0 atom stereocenters. The third-order valence-corrected chi connectivity index (χ3v) is 3.20. The molecule has 5 heteroatoms. The lowest BCUT2D eigenvalue weighted by molar-refractivity contribution is 0.410. The predicted molar refractivity (Wildman–Crippen MR) is 89.8 cm³/mol. The summed E-state index contributed by atoms with van der Waals surface area (Å²) >= 11 is 0. The number of nitrogens with two attached hydrogens (primary N) is 1. The van der Waals surface area contributed by atoms with Gasteiger partial charge in [-0.05, 0) is 30.2 Å². The highest BCUT2D eigenvalue weighted by molar-refractivity contribution is 5.92. The maximum Gasteiger partial charge on any atom is 0.193 e. The van der Waals surface area contributed by atoms with E-state index in [0.29, 0.717) is 12.5 Å². The van der Waals surface area contributed by atoms with Crippen molar-refractivity contribution >= 4 is 11.6 Å². The molecular formula is C17H21N3O2. The first-order valence-corrected chi connectivity index (χ1v) is 7.06. The van der Waals surface area contributed by atoms with E-state index in [1.165, 1.54) is 0 Å². The van der Waals surface area contributed by atoms with Gasteiger partial charge in [-0.15, -0.1) is 0 Å². The van der Waals surface area contributed by atoms with Crippen LogP contribution in [0.1, 0.15) is 5.56 Å². The van der Waals surface area contributed by atoms with Crippen molar-refractivity contribution < 1.29 is 9.47 Å². The SMILES string of the molecule is COc1cccc(NC(N)=NCCc2ccccc2OC)c1. The first-order valence-electron chi connectivity index (χ1n) is 7.06. The molecule has 3 N–H and O–H groups in total. The number of rotatable bonds is 6. The number of nitrogens with zero attached hydrogens (tertiary/aromatic N) is 1. The van der Waals surface area contributed by atoms with Gasteiger partial charge < -0.3 is 20.5 Å². The quantitative estimate of drug-likeness (QED) is 0.635. The summed E-state index contributed by atoms with van der Waals surface area (Å²) in [5, 5.41) is 3.05. The van der Waals surface area contributed by atoms with Crippen molar-refractivity contribution in [3.8, 4) is 11.5 Å². The molecule has 2 aromatic carbocycles. The molecule has 0 aromatic heterocycles. The Morgan fingerprint density at radius 1 is 1.09 bits per heavy atom. The molecule has 0 spiro atoms. The van der Waals surface area contributed by atoms with Crippen LogP contribution < -0.4 is 20.5 Å². The second kappa shape index (κ2) is 7.93. The molecule has 0 saturated carbocycles. The molecule has 0 radical (unpaired) electrons. The topological polar surface area (TPSA) is 68.9 Å². The van der Waals surface area contributed by atoms with E-state index in [0.717, 1.165) is 29.2 Å². The first kappa shape index (κ1) is 15.7. The van der Waals surface area contributed by atoms with E-state index in [4.69, 9.17) is 15.2 Å². The van der Waals surface area contributed by atoms with Gasteiger partial charge in [-0.25, -0.2) is 0 Å². The van der Waals surface area contributed by atoms with Gasteiger partial charge in [0.25, 0.3) is 0 Å². The lowest BCUT2D eigenvalue weighted by Gasteiger charge is -2.08. The Morgan fingerprint density at radius 2 is 1.91 bits per heavy atom. The van der Waals surface area contributed by atoms with Crippen LogP contribution in [0.4, 0.5) is 5.69 Å². The molecule has 0 aliphatic rings. The Bertz CT molecular complexity index is 641. The van der Waals surface area contributed by atoms with Gasteiger partial charge in [-0.1, -0.05) is 24.3 Å². The van der Waals surface area contributed by atoms with Crippen LogP contribution in [0.5, 0.6) is 11.5 Å². The van der Waals surface area contributed by atoms with E-state index in [1.54, 1.807) is 14.2 Å². The van der Waals surface area contributed by atoms with Crippen LogP contribution >= 0.6 is 0 Å². The fourth-order valence-corrected chi connectivity index (χ4v) is 2.09. The molecule has 0 amide bonds. The standard InChI is InChI=1S/C17H21N3O2/c1-21-15-8-5-7-14(12-15)20-17(18)19-11-10-13-6-3-4-9-16(13)22-2/h3-9,12H,10-11H2,1-2H3,(H3,18,19,20). The molecule has 0 fully saturated rings. The molecule has 5 nitrogen and oxygen atoms in total. The zero-order chi connectivity index (χ0) is 15.8. The summed E-state index contributed by atoms with van der Waals surface area (Å²) in [4.78, 5) is 4.33. The van der Waals surface area contributed by atoms with E-state index in [1.807, 2.05) is 48.5 Å². The second-order valence-electron chi connectivity index (χ2n) is 4.69. The predicted octanol–water partition coefficient (Wildman–Crippen LogP) is 2.67. The Kier molecular flexibility index (Phi) is 5.65. The van der Waals surface area contributed by atoms with Crippen LogP contribution in [0.2, 0.25) is 0 Å². The number of aliphatic imine (C=N–C) groups is 1. The number of guanidine groups is 1. The molecule has 0 bridgehead atoms. The molecule has 0 heterocycles. The minimum atomic E-state index is 0.378. The molecule has 0 aliphatic carbocycles. The van der Waals surface area contributed by atoms with Crippen LogP contribution in [0, 0.1) is 0 Å². The molecule has 22 heavy (non-hydrogen) atoms. The van der Waals surface area contributed by atoms with Crippen molar-refractivity contribution in [3.05, 3.63) is 54.1 Å². The fraction of sp³-hybridized carbons (Fsp3) is 0.235. The van der Waals surface area contributed by atoms with Crippen LogP contribution in [0.3, 0.4) is 0 Å². The molecule has 0 aliphatic heterocycles. The third-order valence-electron chi connectivity index (χ3n) is 3.20. The monoisotopic (exact) mass is 299 g/mol. The number of anilines is 1. The van der Waals surface area contributed by atoms with E-state index in [2.05, 4.69) is 10.3 Å². The Balaban J connectivity index is 1.92. The summed E-state index contributed by atoms with van der Waals surface area (Å²) < 4.78 is 10.5. The highest BCUT2D eigenvalue weighted by atomic mass is 16.5. The zero-order valence-corrected chi connectivity index (χ0v) is 12.9. The van der Waals surface area contributed by atoms with E-state index >= 15 is 0 Å². The molecule has 116 valence electrons. The summed E-state index contributed by atoms with van der Waals surface area (Å²) in [5.74, 6) is 2.02. The lowest BCUT2D eigenvalue weighted by atomic mass is 10.1. The Morgan fingerprint density at radius 3 is 2.68 bits per heavy atom. The summed E-state index contributed by atoms with van der Waals surface area (Å²) in [7, 11) is 3.30. The van der Waals surface area contributed by atoms with Crippen molar-refractivity contribution in [3.63, 3.8) is 0 Å². The van der Waals surface area contributed by atoms with Gasteiger partial charge >= 0.3 is 0 Å². The normalized spacial score (nSPS) is 11.1. The van der Waals surface area contributed by atoms with Crippen LogP contribution in [-0.2, 0) is 6.42 Å². The number of ether oxygens (including phenoxy) is 2. The van der Waals surface area contributed by atoms with Crippen molar-refractivity contribution in [2.75, 3.05) is 26.1 Å². The molecule has 0 unspecified atom stereocenters. The largest absolute Gasteiger partial charge is 0.497 e. The van der Waals surface area contributed by atoms with Gasteiger partial charge in [0.15, 0.2) is 5.96 Å². The number of hydrogen-bond acceptors (Lipinski definition) is 3. The number of para-hydroxylation sites is 1. The number of methoxy groups -OCH3 is 2. The number of nitrogens with one attached hydrogen (secondary N) is 1. The van der Waals surface area contributed by atoms with Gasteiger partial charge in [0, 0.05) is 18.3 Å². The smallest absolute Gasteiger partial charge is 0.193 e. The highest BCUT2D eigenvalue weighted by Crippen LogP contribution is 2.18. The summed E-state index contributed by atoms with van der Waals surface area (Å²) in [6.07, 6.45) is 0.768. The van der Waals surface area contributed by atoms with Crippen LogP contribution in [0.25, 0.3) is 0 Å². The van der Waals surface area contributed by atoms with E-state index in [9.17, 15) is 0 Å². The average Bonchev–Trinajstić information content (AvgIpc) is 2.55. The van der Waals surface area contributed by atoms with Crippen molar-refractivity contribution in [2.45, 2.75) is 6.42 Å². The van der Waals surface area contributed by atoms with Gasteiger partial charge in [0.05, 0.1) is 14.2 Å². The van der Waals surface area contributed by atoms with Crippen molar-refractivity contribution in [2.24, 2.45) is 10.7 Å². The second-order valence-corrected chi connectivity index (χ2v) is 4.69. The molecular weight excluding hydrogens is 278 g/mol. The fourth-order valence-electron chi connectivity index (χ4n) is 2.09. The van der Waals surface area contributed by atoms with Crippen LogP contribution in [-0.4, -0.2) is 26.7 Å². The van der Waals surface area contributed by atoms with Gasteiger partial charge in [0.2, 0.25) is 0 Å². The minimum Gasteiger partial charge on any atom is -0.497 e. The highest BCUT2D eigenvalue weighted by Gasteiger charge is 2.01. The van der Waals surface area contributed by atoms with E-state index < -0.39 is 0 Å². The lowest BCUT2D eigenvalue weighted by Crippen LogP contribution is -2.23. The molecule has 2 rings (SSSR count). The maximum atomic E-state index is 5.90. The number of benzene rings is 2. The zero-order valence-electron chi connectivity index (χ0n) is 12.9. The third kappa shape index (κ3) is 4.41. The van der Waals surface area contributed by atoms with E-state index in [-0.39, 0.29) is 0 Å².